The Bertz CT molecular complexity index is 393. The Morgan fingerprint density at radius 1 is 1.33 bits per heavy atom. The largest absolute Gasteiger partial charge is 0.490 e. The molecule has 0 heterocycles. The van der Waals surface area contributed by atoms with Gasteiger partial charge in [0.05, 0.1) is 6.10 Å². The molecule has 0 aliphatic heterocycles. The van der Waals surface area contributed by atoms with E-state index in [1.807, 2.05) is 31.2 Å². The number of benzene rings is 1. The van der Waals surface area contributed by atoms with E-state index in [9.17, 15) is 4.79 Å². The van der Waals surface area contributed by atoms with Crippen molar-refractivity contribution in [3.8, 4) is 5.75 Å². The number of hydrogen-bond acceptors (Lipinski definition) is 3. The molecule has 1 aliphatic rings. The Labute approximate surface area is 108 Å². The molecule has 0 radical (unpaired) electrons. The molecule has 0 spiro atoms. The summed E-state index contributed by atoms with van der Waals surface area (Å²) in [5.74, 6) is 0.899. The molecule has 1 unspecified atom stereocenters. The van der Waals surface area contributed by atoms with Crippen molar-refractivity contribution in [2.45, 2.75) is 44.8 Å². The number of Topliss-reactive ketones (excluding diaryl/α,β-unsaturated/α-hetero) is 1. The van der Waals surface area contributed by atoms with Gasteiger partial charge in [0.1, 0.15) is 11.9 Å². The van der Waals surface area contributed by atoms with Crippen molar-refractivity contribution in [2.24, 2.45) is 0 Å². The van der Waals surface area contributed by atoms with E-state index >= 15 is 0 Å². The topological polar surface area (TPSA) is 35.5 Å². The van der Waals surface area contributed by atoms with Crippen LogP contribution in [0.5, 0.6) is 5.75 Å². The van der Waals surface area contributed by atoms with Crippen molar-refractivity contribution in [3.63, 3.8) is 0 Å². The highest BCUT2D eigenvalue weighted by Crippen LogP contribution is 2.27. The zero-order valence-corrected chi connectivity index (χ0v) is 11.0. The van der Waals surface area contributed by atoms with E-state index in [0.717, 1.165) is 31.4 Å². The molecule has 1 aliphatic carbocycles. The zero-order valence-electron chi connectivity index (χ0n) is 11.0. The van der Waals surface area contributed by atoms with Gasteiger partial charge in [-0.3, -0.25) is 4.79 Å². The summed E-state index contributed by atoms with van der Waals surface area (Å²) in [5.41, 5.74) is 0.693. The van der Waals surface area contributed by atoms with Crippen LogP contribution in [0.15, 0.2) is 24.3 Å². The molecule has 0 bridgehead atoms. The van der Waals surface area contributed by atoms with Gasteiger partial charge in [0.25, 0.3) is 0 Å². The fourth-order valence-electron chi connectivity index (χ4n) is 1.88. The van der Waals surface area contributed by atoms with E-state index < -0.39 is 0 Å². The summed E-state index contributed by atoms with van der Waals surface area (Å²) >= 11 is 0. The Balaban J connectivity index is 2.00. The molecule has 3 nitrogen and oxygen atoms in total. The quantitative estimate of drug-likeness (QED) is 0.695. The Morgan fingerprint density at radius 3 is 2.50 bits per heavy atom. The van der Waals surface area contributed by atoms with Crippen LogP contribution in [0.2, 0.25) is 0 Å². The van der Waals surface area contributed by atoms with Crippen molar-refractivity contribution in [2.75, 3.05) is 7.11 Å². The van der Waals surface area contributed by atoms with Crippen LogP contribution in [0.3, 0.4) is 0 Å². The average molecular weight is 248 g/mol. The highest BCUT2D eigenvalue weighted by Gasteiger charge is 2.24. The molecule has 0 N–H and O–H groups in total. The number of rotatable bonds is 7. The molecule has 1 aromatic rings. The molecule has 18 heavy (non-hydrogen) atoms. The van der Waals surface area contributed by atoms with Gasteiger partial charge in [0.15, 0.2) is 5.78 Å². The lowest BCUT2D eigenvalue weighted by molar-refractivity contribution is 0.0578. The lowest BCUT2D eigenvalue weighted by Gasteiger charge is -2.13. The molecule has 1 fully saturated rings. The zero-order chi connectivity index (χ0) is 13.0. The summed E-state index contributed by atoms with van der Waals surface area (Å²) in [6.45, 7) is 2.05. The first-order valence-electron chi connectivity index (χ1n) is 6.58. The third-order valence-corrected chi connectivity index (χ3v) is 3.09. The molecule has 98 valence electrons. The molecule has 1 atom stereocenters. The summed E-state index contributed by atoms with van der Waals surface area (Å²) in [6.07, 6.45) is 4.04. The number of ketones is 1. The molecular formula is C15H20O3. The van der Waals surface area contributed by atoms with Gasteiger partial charge in [0.2, 0.25) is 0 Å². The minimum atomic E-state index is -0.329. The van der Waals surface area contributed by atoms with Crippen molar-refractivity contribution in [3.05, 3.63) is 29.8 Å². The van der Waals surface area contributed by atoms with E-state index in [4.69, 9.17) is 9.47 Å². The van der Waals surface area contributed by atoms with E-state index in [2.05, 4.69) is 0 Å². The SMILES string of the molecule is CCCC(OC)C(=O)c1ccc(OC2CC2)cc1. The average Bonchev–Trinajstić information content (AvgIpc) is 3.20. The maximum absolute atomic E-state index is 12.1. The van der Waals surface area contributed by atoms with Gasteiger partial charge in [0, 0.05) is 12.7 Å². The monoisotopic (exact) mass is 248 g/mol. The predicted molar refractivity (Wildman–Crippen MR) is 70.1 cm³/mol. The van der Waals surface area contributed by atoms with Crippen LogP contribution in [0.4, 0.5) is 0 Å². The van der Waals surface area contributed by atoms with Gasteiger partial charge in [-0.2, -0.15) is 0 Å². The van der Waals surface area contributed by atoms with E-state index in [1.165, 1.54) is 0 Å². The van der Waals surface area contributed by atoms with E-state index in [-0.39, 0.29) is 11.9 Å². The van der Waals surface area contributed by atoms with E-state index in [0.29, 0.717) is 11.7 Å². The molecule has 1 aromatic carbocycles. The van der Waals surface area contributed by atoms with Crippen molar-refractivity contribution in [1.82, 2.24) is 0 Å². The number of hydrogen-bond donors (Lipinski definition) is 0. The van der Waals surface area contributed by atoms with Crippen LogP contribution < -0.4 is 4.74 Å². The number of methoxy groups -OCH3 is 1. The van der Waals surface area contributed by atoms with Gasteiger partial charge in [-0.25, -0.2) is 0 Å². The molecule has 0 aromatic heterocycles. The molecule has 2 rings (SSSR count). The normalized spacial score (nSPS) is 16.3. The maximum Gasteiger partial charge on any atom is 0.191 e. The molecule has 3 heteroatoms. The van der Waals surface area contributed by atoms with Crippen LogP contribution in [0, 0.1) is 0 Å². The molecular weight excluding hydrogens is 228 g/mol. The number of ether oxygens (including phenoxy) is 2. The first kappa shape index (κ1) is 13.1. The maximum atomic E-state index is 12.1. The van der Waals surface area contributed by atoms with Crippen molar-refractivity contribution in [1.29, 1.82) is 0 Å². The summed E-state index contributed by atoms with van der Waals surface area (Å²) in [5, 5.41) is 0. The van der Waals surface area contributed by atoms with Gasteiger partial charge >= 0.3 is 0 Å². The van der Waals surface area contributed by atoms with Crippen molar-refractivity contribution >= 4 is 5.78 Å². The minimum absolute atomic E-state index is 0.0531. The first-order chi connectivity index (χ1) is 8.74. The highest BCUT2D eigenvalue weighted by molar-refractivity contribution is 5.99. The summed E-state index contributed by atoms with van der Waals surface area (Å²) < 4.78 is 10.9. The van der Waals surface area contributed by atoms with Crippen LogP contribution in [-0.2, 0) is 4.74 Å². The second-order valence-electron chi connectivity index (χ2n) is 4.72. The fourth-order valence-corrected chi connectivity index (χ4v) is 1.88. The lowest BCUT2D eigenvalue weighted by atomic mass is 10.0. The molecule has 0 amide bonds. The molecule has 0 saturated heterocycles. The third kappa shape index (κ3) is 3.33. The Morgan fingerprint density at radius 2 is 2.00 bits per heavy atom. The molecule has 1 saturated carbocycles. The lowest BCUT2D eigenvalue weighted by Crippen LogP contribution is -2.22. The smallest absolute Gasteiger partial charge is 0.191 e. The Hall–Kier alpha value is -1.35. The van der Waals surface area contributed by atoms with Gasteiger partial charge in [-0.05, 0) is 43.5 Å². The third-order valence-electron chi connectivity index (χ3n) is 3.09. The van der Waals surface area contributed by atoms with Gasteiger partial charge in [-0.15, -0.1) is 0 Å². The Kier molecular flexibility index (Phi) is 4.37. The number of carbonyl (C=O) groups is 1. The predicted octanol–water partition coefficient (Wildman–Crippen LogP) is 3.23. The minimum Gasteiger partial charge on any atom is -0.490 e. The van der Waals surface area contributed by atoms with Gasteiger partial charge < -0.3 is 9.47 Å². The van der Waals surface area contributed by atoms with Crippen molar-refractivity contribution < 1.29 is 14.3 Å². The van der Waals surface area contributed by atoms with Crippen LogP contribution in [0.1, 0.15) is 43.0 Å². The van der Waals surface area contributed by atoms with Crippen LogP contribution in [0.25, 0.3) is 0 Å². The fraction of sp³-hybridized carbons (Fsp3) is 0.533. The van der Waals surface area contributed by atoms with Crippen LogP contribution >= 0.6 is 0 Å². The second-order valence-corrected chi connectivity index (χ2v) is 4.72. The summed E-state index contributed by atoms with van der Waals surface area (Å²) in [6, 6.07) is 7.37. The van der Waals surface area contributed by atoms with E-state index in [1.54, 1.807) is 7.11 Å². The van der Waals surface area contributed by atoms with Crippen LogP contribution in [-0.4, -0.2) is 25.1 Å². The summed E-state index contributed by atoms with van der Waals surface area (Å²) in [7, 11) is 1.59. The second kappa shape index (κ2) is 6.01. The standard InChI is InChI=1S/C15H20O3/c1-3-4-14(17-2)15(16)11-5-7-12(8-6-11)18-13-9-10-13/h5-8,13-14H,3-4,9-10H2,1-2H3. The number of carbonyl (C=O) groups excluding carboxylic acids is 1. The highest BCUT2D eigenvalue weighted by atomic mass is 16.5. The van der Waals surface area contributed by atoms with Gasteiger partial charge in [-0.1, -0.05) is 13.3 Å². The summed E-state index contributed by atoms with van der Waals surface area (Å²) in [4.78, 5) is 12.1. The first-order valence-corrected chi connectivity index (χ1v) is 6.58.